The van der Waals surface area contributed by atoms with Crippen molar-refractivity contribution in [1.82, 2.24) is 19.7 Å². The average Bonchev–Trinajstić information content (AvgIpc) is 2.64. The van der Waals surface area contributed by atoms with Crippen LogP contribution >= 0.6 is 11.6 Å². The largest absolute Gasteiger partial charge is 0.378 e. The quantitative estimate of drug-likeness (QED) is 0.563. The van der Waals surface area contributed by atoms with Gasteiger partial charge in [0.1, 0.15) is 5.15 Å². The third-order valence-corrected chi connectivity index (χ3v) is 4.71. The van der Waals surface area contributed by atoms with Gasteiger partial charge in [-0.05, 0) is 6.07 Å². The highest BCUT2D eigenvalue weighted by molar-refractivity contribution is 6.35. The lowest BCUT2D eigenvalue weighted by molar-refractivity contribution is -0.155. The molecule has 2 amide bonds. The Morgan fingerprint density at radius 3 is 2.29 bits per heavy atom. The first-order valence-corrected chi connectivity index (χ1v) is 8.50. The van der Waals surface area contributed by atoms with Crippen LogP contribution in [0, 0.1) is 0 Å². The molecule has 0 unspecified atom stereocenters. The predicted octanol–water partition coefficient (Wildman–Crippen LogP) is 0.238. The molecule has 3 rings (SSSR count). The number of nitrogens with zero attached hydrogens (tertiary/aromatic N) is 4. The Balaban J connectivity index is 1.50. The third-order valence-electron chi connectivity index (χ3n) is 4.37. The van der Waals surface area contributed by atoms with Gasteiger partial charge >= 0.3 is 11.8 Å². The monoisotopic (exact) mass is 352 g/mol. The van der Waals surface area contributed by atoms with Crippen molar-refractivity contribution in [2.75, 3.05) is 52.5 Å². The maximum absolute atomic E-state index is 12.4. The summed E-state index contributed by atoms with van der Waals surface area (Å²) < 4.78 is 5.21. The molecule has 7 nitrogen and oxygen atoms in total. The normalized spacial score (nSPS) is 19.4. The molecule has 2 fully saturated rings. The molecular formula is C16H21ClN4O3. The van der Waals surface area contributed by atoms with Crippen LogP contribution in [0.3, 0.4) is 0 Å². The summed E-state index contributed by atoms with van der Waals surface area (Å²) in [6.07, 6.45) is 1.67. The Hall–Kier alpha value is -1.70. The van der Waals surface area contributed by atoms with Gasteiger partial charge in [0, 0.05) is 57.6 Å². The summed E-state index contributed by atoms with van der Waals surface area (Å²) >= 11 is 6.09. The number of hydrogen-bond donors (Lipinski definition) is 0. The van der Waals surface area contributed by atoms with Gasteiger partial charge in [-0.3, -0.25) is 14.5 Å². The fraction of sp³-hybridized carbons (Fsp3) is 0.562. The Morgan fingerprint density at radius 1 is 1.04 bits per heavy atom. The molecule has 0 aromatic carbocycles. The zero-order valence-electron chi connectivity index (χ0n) is 13.5. The second kappa shape index (κ2) is 7.92. The molecule has 0 radical (unpaired) electrons. The fourth-order valence-electron chi connectivity index (χ4n) is 2.92. The van der Waals surface area contributed by atoms with Gasteiger partial charge in [-0.2, -0.15) is 0 Å². The minimum Gasteiger partial charge on any atom is -0.378 e. The number of halogens is 1. The van der Waals surface area contributed by atoms with Gasteiger partial charge < -0.3 is 14.5 Å². The molecule has 1 aromatic rings. The predicted molar refractivity (Wildman–Crippen MR) is 88.5 cm³/mol. The smallest absolute Gasteiger partial charge is 0.312 e. The molecule has 3 heterocycles. The van der Waals surface area contributed by atoms with E-state index in [4.69, 9.17) is 16.3 Å². The fourth-order valence-corrected chi connectivity index (χ4v) is 3.10. The highest BCUT2D eigenvalue weighted by Gasteiger charge is 2.30. The van der Waals surface area contributed by atoms with Crippen LogP contribution in [-0.4, -0.2) is 84.0 Å². The zero-order chi connectivity index (χ0) is 16.9. The molecule has 8 heteroatoms. The number of ether oxygens (including phenoxy) is 1. The Kier molecular flexibility index (Phi) is 5.65. The molecule has 0 spiro atoms. The molecule has 130 valence electrons. The van der Waals surface area contributed by atoms with E-state index in [1.54, 1.807) is 16.0 Å². The third kappa shape index (κ3) is 4.03. The van der Waals surface area contributed by atoms with Gasteiger partial charge in [-0.1, -0.05) is 17.7 Å². The summed E-state index contributed by atoms with van der Waals surface area (Å²) in [5.41, 5.74) is 0.975. The number of hydrogen-bond acceptors (Lipinski definition) is 5. The number of amides is 2. The van der Waals surface area contributed by atoms with E-state index in [0.717, 1.165) is 5.56 Å². The van der Waals surface area contributed by atoms with Gasteiger partial charge in [0.25, 0.3) is 0 Å². The number of carbonyl (C=O) groups excluding carboxylic acids is 2. The molecule has 2 aliphatic rings. The molecule has 2 saturated heterocycles. The van der Waals surface area contributed by atoms with E-state index in [-0.39, 0.29) is 0 Å². The Bertz CT molecular complexity index is 599. The second-order valence-electron chi connectivity index (χ2n) is 5.93. The van der Waals surface area contributed by atoms with Gasteiger partial charge in [-0.15, -0.1) is 0 Å². The summed E-state index contributed by atoms with van der Waals surface area (Å²) in [6, 6.07) is 3.82. The molecule has 0 bridgehead atoms. The van der Waals surface area contributed by atoms with Crippen LogP contribution in [0.25, 0.3) is 0 Å². The second-order valence-corrected chi connectivity index (χ2v) is 6.28. The summed E-state index contributed by atoms with van der Waals surface area (Å²) in [4.78, 5) is 34.1. The highest BCUT2D eigenvalue weighted by Crippen LogP contribution is 2.15. The van der Waals surface area contributed by atoms with E-state index in [9.17, 15) is 9.59 Å². The van der Waals surface area contributed by atoms with Gasteiger partial charge in [0.15, 0.2) is 0 Å². The van der Waals surface area contributed by atoms with Crippen LogP contribution in [0.4, 0.5) is 0 Å². The van der Waals surface area contributed by atoms with Crippen LogP contribution in [0.15, 0.2) is 18.3 Å². The molecule has 0 atom stereocenters. The maximum Gasteiger partial charge on any atom is 0.312 e. The molecule has 0 aliphatic carbocycles. The zero-order valence-corrected chi connectivity index (χ0v) is 14.2. The van der Waals surface area contributed by atoms with E-state index in [0.29, 0.717) is 64.2 Å². The number of aromatic nitrogens is 1. The first-order valence-electron chi connectivity index (χ1n) is 8.13. The number of pyridine rings is 1. The van der Waals surface area contributed by atoms with Crippen molar-refractivity contribution >= 4 is 23.4 Å². The maximum atomic E-state index is 12.4. The van der Waals surface area contributed by atoms with Crippen molar-refractivity contribution in [3.8, 4) is 0 Å². The van der Waals surface area contributed by atoms with Gasteiger partial charge in [0.2, 0.25) is 0 Å². The Labute approximate surface area is 146 Å². The van der Waals surface area contributed by atoms with Crippen molar-refractivity contribution in [1.29, 1.82) is 0 Å². The average molecular weight is 353 g/mol. The van der Waals surface area contributed by atoms with E-state index < -0.39 is 11.8 Å². The molecular weight excluding hydrogens is 332 g/mol. The summed E-state index contributed by atoms with van der Waals surface area (Å²) in [6.45, 7) is 5.21. The molecule has 0 saturated carbocycles. The van der Waals surface area contributed by atoms with Crippen LogP contribution in [0.5, 0.6) is 0 Å². The number of piperazine rings is 1. The standard InChI is InChI=1S/C16H21ClN4O3/c17-14-13(2-1-3-18-14)12-19-4-6-20(7-5-19)15(22)16(23)21-8-10-24-11-9-21/h1-3H,4-12H2. The first kappa shape index (κ1) is 17.1. The van der Waals surface area contributed by atoms with E-state index in [2.05, 4.69) is 9.88 Å². The number of rotatable bonds is 2. The van der Waals surface area contributed by atoms with Gasteiger partial charge in [-0.25, -0.2) is 4.98 Å². The Morgan fingerprint density at radius 2 is 1.67 bits per heavy atom. The SMILES string of the molecule is O=C(C(=O)N1CCN(Cc2cccnc2Cl)CC1)N1CCOCC1. The summed E-state index contributed by atoms with van der Waals surface area (Å²) in [7, 11) is 0. The van der Waals surface area contributed by atoms with E-state index >= 15 is 0 Å². The van der Waals surface area contributed by atoms with Crippen LogP contribution in [0.1, 0.15) is 5.56 Å². The topological polar surface area (TPSA) is 66.0 Å². The molecule has 0 N–H and O–H groups in total. The number of carbonyl (C=O) groups is 2. The minimum absolute atomic E-state index is 0.407. The minimum atomic E-state index is -0.415. The van der Waals surface area contributed by atoms with E-state index in [1.165, 1.54) is 0 Å². The molecule has 2 aliphatic heterocycles. The lowest BCUT2D eigenvalue weighted by Crippen LogP contribution is -2.54. The summed E-state index contributed by atoms with van der Waals surface area (Å²) in [5, 5.41) is 0.513. The lowest BCUT2D eigenvalue weighted by Gasteiger charge is -2.35. The van der Waals surface area contributed by atoms with E-state index in [1.807, 2.05) is 12.1 Å². The highest BCUT2D eigenvalue weighted by atomic mass is 35.5. The van der Waals surface area contributed by atoms with Crippen molar-refractivity contribution in [3.63, 3.8) is 0 Å². The van der Waals surface area contributed by atoms with Gasteiger partial charge in [0.05, 0.1) is 13.2 Å². The lowest BCUT2D eigenvalue weighted by atomic mass is 10.2. The molecule has 24 heavy (non-hydrogen) atoms. The van der Waals surface area contributed by atoms with Crippen molar-refractivity contribution in [2.24, 2.45) is 0 Å². The van der Waals surface area contributed by atoms with Crippen LogP contribution < -0.4 is 0 Å². The first-order chi connectivity index (χ1) is 11.6. The number of morpholine rings is 1. The molecule has 1 aromatic heterocycles. The van der Waals surface area contributed by atoms with Crippen LogP contribution in [-0.2, 0) is 20.9 Å². The van der Waals surface area contributed by atoms with Crippen LogP contribution in [0.2, 0.25) is 5.15 Å². The van der Waals surface area contributed by atoms with Crippen molar-refractivity contribution in [2.45, 2.75) is 6.54 Å². The van der Waals surface area contributed by atoms with Crippen molar-refractivity contribution < 1.29 is 14.3 Å². The summed E-state index contributed by atoms with van der Waals surface area (Å²) in [5.74, 6) is -0.821. The van der Waals surface area contributed by atoms with Crippen molar-refractivity contribution in [3.05, 3.63) is 29.0 Å².